The fourth-order valence-corrected chi connectivity index (χ4v) is 2.29. The van der Waals surface area contributed by atoms with Crippen LogP contribution in [-0.2, 0) is 0 Å². The molecule has 2 aromatic carbocycles. The molecule has 3 aromatic rings. The summed E-state index contributed by atoms with van der Waals surface area (Å²) in [6.07, 6.45) is 1.45. The van der Waals surface area contributed by atoms with Gasteiger partial charge in [0.1, 0.15) is 5.69 Å². The molecule has 0 fully saturated rings. The molecule has 0 aliphatic heterocycles. The van der Waals surface area contributed by atoms with E-state index in [1.54, 1.807) is 24.3 Å². The SMILES string of the molecule is O=C(Nc1cn(C(=S)Nc2ccccc2)[nH]c1=O)c1ccccc1. The first-order valence-corrected chi connectivity index (χ1v) is 7.59. The van der Waals surface area contributed by atoms with Gasteiger partial charge in [-0.05, 0) is 36.5 Å². The van der Waals surface area contributed by atoms with Crippen LogP contribution in [0.15, 0.2) is 71.7 Å². The molecule has 1 aromatic heterocycles. The number of para-hydroxylation sites is 1. The summed E-state index contributed by atoms with van der Waals surface area (Å²) >= 11 is 5.25. The Kier molecular flexibility index (Phi) is 4.53. The number of hydrogen-bond donors (Lipinski definition) is 3. The van der Waals surface area contributed by atoms with Crippen LogP contribution in [0.4, 0.5) is 11.4 Å². The Balaban J connectivity index is 1.74. The molecule has 0 atom stereocenters. The van der Waals surface area contributed by atoms with Gasteiger partial charge in [-0.15, -0.1) is 0 Å². The van der Waals surface area contributed by atoms with Gasteiger partial charge >= 0.3 is 0 Å². The average Bonchev–Trinajstić information content (AvgIpc) is 2.97. The van der Waals surface area contributed by atoms with Gasteiger partial charge in [-0.1, -0.05) is 36.4 Å². The van der Waals surface area contributed by atoms with Crippen LogP contribution in [0.5, 0.6) is 0 Å². The highest BCUT2D eigenvalue weighted by Gasteiger charge is 2.11. The molecule has 0 saturated heterocycles. The Bertz CT molecular complexity index is 917. The van der Waals surface area contributed by atoms with Gasteiger partial charge in [0.25, 0.3) is 11.5 Å². The van der Waals surface area contributed by atoms with Crippen LogP contribution >= 0.6 is 12.2 Å². The molecule has 0 unspecified atom stereocenters. The number of rotatable bonds is 3. The maximum absolute atomic E-state index is 12.1. The van der Waals surface area contributed by atoms with Crippen molar-refractivity contribution in [3.63, 3.8) is 0 Å². The fraction of sp³-hybridized carbons (Fsp3) is 0. The topological polar surface area (TPSA) is 78.9 Å². The van der Waals surface area contributed by atoms with Crippen molar-refractivity contribution < 1.29 is 4.79 Å². The minimum absolute atomic E-state index is 0.126. The van der Waals surface area contributed by atoms with Crippen molar-refractivity contribution in [1.82, 2.24) is 9.78 Å². The summed E-state index contributed by atoms with van der Waals surface area (Å²) in [5, 5.41) is 8.42. The summed E-state index contributed by atoms with van der Waals surface area (Å²) in [4.78, 5) is 24.1. The number of carbonyl (C=O) groups is 1. The van der Waals surface area contributed by atoms with Crippen molar-refractivity contribution in [3.05, 3.63) is 82.8 Å². The highest BCUT2D eigenvalue weighted by atomic mass is 32.1. The van der Waals surface area contributed by atoms with Gasteiger partial charge in [-0.3, -0.25) is 14.7 Å². The number of aromatic nitrogens is 2. The molecule has 3 rings (SSSR count). The van der Waals surface area contributed by atoms with Gasteiger partial charge in [-0.25, -0.2) is 4.68 Å². The lowest BCUT2D eigenvalue weighted by Crippen LogP contribution is -2.21. The quantitative estimate of drug-likeness (QED) is 0.642. The number of thiocarbonyl (C=S) groups is 1. The molecule has 7 heteroatoms. The Morgan fingerprint density at radius 2 is 1.58 bits per heavy atom. The minimum Gasteiger partial charge on any atom is -0.331 e. The zero-order chi connectivity index (χ0) is 16.9. The first-order valence-electron chi connectivity index (χ1n) is 7.18. The van der Waals surface area contributed by atoms with Crippen LogP contribution < -0.4 is 16.2 Å². The number of aromatic amines is 1. The van der Waals surface area contributed by atoms with Crippen LogP contribution in [0, 0.1) is 0 Å². The van der Waals surface area contributed by atoms with E-state index >= 15 is 0 Å². The first kappa shape index (κ1) is 15.7. The Hall–Kier alpha value is -3.19. The van der Waals surface area contributed by atoms with E-state index in [0.29, 0.717) is 10.7 Å². The maximum Gasteiger partial charge on any atom is 0.288 e. The van der Waals surface area contributed by atoms with E-state index in [0.717, 1.165) is 5.69 Å². The van der Waals surface area contributed by atoms with E-state index < -0.39 is 5.56 Å². The van der Waals surface area contributed by atoms with E-state index in [1.165, 1.54) is 10.9 Å². The molecule has 0 bridgehead atoms. The lowest BCUT2D eigenvalue weighted by atomic mass is 10.2. The Labute approximate surface area is 143 Å². The third kappa shape index (κ3) is 3.58. The molecular weight excluding hydrogens is 324 g/mol. The standard InChI is InChI=1S/C17H14N4O2S/c22-15(12-7-3-1-4-8-12)19-14-11-21(20-16(14)23)17(24)18-13-9-5-2-6-10-13/h1-11H,(H,18,24)(H,19,22)(H,20,23). The molecular formula is C17H14N4O2S. The summed E-state index contributed by atoms with van der Waals surface area (Å²) in [5.74, 6) is -0.360. The normalized spacial score (nSPS) is 10.2. The number of benzene rings is 2. The van der Waals surface area contributed by atoms with Gasteiger partial charge in [0, 0.05) is 11.3 Å². The monoisotopic (exact) mass is 338 g/mol. The number of carbonyl (C=O) groups excluding carboxylic acids is 1. The summed E-state index contributed by atoms with van der Waals surface area (Å²) in [6.45, 7) is 0. The molecule has 0 saturated carbocycles. The van der Waals surface area contributed by atoms with E-state index in [2.05, 4.69) is 15.7 Å². The predicted octanol–water partition coefficient (Wildman–Crippen LogP) is 2.67. The molecule has 0 aliphatic rings. The number of amides is 1. The molecule has 0 aliphatic carbocycles. The second-order valence-corrected chi connectivity index (χ2v) is 5.36. The van der Waals surface area contributed by atoms with Crippen molar-refractivity contribution in [2.45, 2.75) is 0 Å². The second kappa shape index (κ2) is 6.93. The van der Waals surface area contributed by atoms with Gasteiger partial charge in [0.15, 0.2) is 5.11 Å². The molecule has 24 heavy (non-hydrogen) atoms. The van der Waals surface area contributed by atoms with Crippen molar-refractivity contribution in [1.29, 1.82) is 0 Å². The predicted molar refractivity (Wildman–Crippen MR) is 97.5 cm³/mol. The number of H-pyrrole nitrogens is 1. The maximum atomic E-state index is 12.1. The average molecular weight is 338 g/mol. The zero-order valence-electron chi connectivity index (χ0n) is 12.5. The number of nitrogens with zero attached hydrogens (tertiary/aromatic N) is 1. The summed E-state index contributed by atoms with van der Waals surface area (Å²) in [6, 6.07) is 18.0. The molecule has 3 N–H and O–H groups in total. The lowest BCUT2D eigenvalue weighted by Gasteiger charge is -2.07. The van der Waals surface area contributed by atoms with Crippen molar-refractivity contribution in [2.24, 2.45) is 0 Å². The molecule has 6 nitrogen and oxygen atoms in total. The van der Waals surface area contributed by atoms with E-state index in [1.807, 2.05) is 36.4 Å². The summed E-state index contributed by atoms with van der Waals surface area (Å²) in [7, 11) is 0. The van der Waals surface area contributed by atoms with Crippen LogP contribution in [0.2, 0.25) is 0 Å². The van der Waals surface area contributed by atoms with E-state index in [9.17, 15) is 9.59 Å². The van der Waals surface area contributed by atoms with Crippen LogP contribution in [0.3, 0.4) is 0 Å². The van der Waals surface area contributed by atoms with E-state index in [4.69, 9.17) is 12.2 Å². The van der Waals surface area contributed by atoms with Crippen LogP contribution in [0.25, 0.3) is 0 Å². The number of nitrogens with one attached hydrogen (secondary N) is 3. The largest absolute Gasteiger partial charge is 0.331 e. The summed E-state index contributed by atoms with van der Waals surface area (Å²) in [5.41, 5.74) is 0.958. The smallest absolute Gasteiger partial charge is 0.288 e. The number of hydrogen-bond acceptors (Lipinski definition) is 3. The van der Waals surface area contributed by atoms with Crippen molar-refractivity contribution in [3.8, 4) is 0 Å². The van der Waals surface area contributed by atoms with Crippen molar-refractivity contribution in [2.75, 3.05) is 10.6 Å². The lowest BCUT2D eigenvalue weighted by molar-refractivity contribution is 0.102. The van der Waals surface area contributed by atoms with Gasteiger partial charge in [0.05, 0.1) is 6.20 Å². The molecule has 120 valence electrons. The fourth-order valence-electron chi connectivity index (χ4n) is 2.08. The molecule has 1 amide bonds. The molecule has 1 heterocycles. The van der Waals surface area contributed by atoms with Crippen LogP contribution in [-0.4, -0.2) is 20.8 Å². The number of anilines is 2. The van der Waals surface area contributed by atoms with Crippen LogP contribution in [0.1, 0.15) is 10.4 Å². The van der Waals surface area contributed by atoms with Gasteiger partial charge in [-0.2, -0.15) is 0 Å². The Morgan fingerprint density at radius 3 is 2.25 bits per heavy atom. The van der Waals surface area contributed by atoms with Gasteiger partial charge < -0.3 is 10.6 Å². The van der Waals surface area contributed by atoms with Crippen molar-refractivity contribution >= 4 is 34.6 Å². The molecule has 0 spiro atoms. The van der Waals surface area contributed by atoms with E-state index in [-0.39, 0.29) is 11.6 Å². The highest BCUT2D eigenvalue weighted by molar-refractivity contribution is 7.80. The highest BCUT2D eigenvalue weighted by Crippen LogP contribution is 2.08. The third-order valence-electron chi connectivity index (χ3n) is 3.25. The first-order chi connectivity index (χ1) is 11.6. The third-order valence-corrected chi connectivity index (χ3v) is 3.55. The zero-order valence-corrected chi connectivity index (χ0v) is 13.3. The second-order valence-electron chi connectivity index (χ2n) is 4.97. The van der Waals surface area contributed by atoms with Gasteiger partial charge in [0.2, 0.25) is 0 Å². The minimum atomic E-state index is -0.434. The summed E-state index contributed by atoms with van der Waals surface area (Å²) < 4.78 is 1.35. The Morgan fingerprint density at radius 1 is 0.958 bits per heavy atom. The molecule has 0 radical (unpaired) electrons.